The van der Waals surface area contributed by atoms with Gasteiger partial charge in [0.25, 0.3) is 5.95 Å². The van der Waals surface area contributed by atoms with Crippen LogP contribution in [-0.4, -0.2) is 30.6 Å². The Kier molecular flexibility index (Phi) is 6.34. The number of benzene rings is 1. The molecular formula is C23H23ClN6OS. The molecule has 1 N–H and O–H groups in total. The third-order valence-corrected chi connectivity index (χ3v) is 6.34. The summed E-state index contributed by atoms with van der Waals surface area (Å²) in [5.41, 5.74) is 5.26. The molecule has 4 aromatic rings. The molecule has 3 heterocycles. The minimum absolute atomic E-state index is 0.143. The molecule has 9 heteroatoms. The Hall–Kier alpha value is -3.10. The van der Waals surface area contributed by atoms with Crippen LogP contribution in [0.2, 0.25) is 5.02 Å². The third kappa shape index (κ3) is 4.87. The zero-order valence-electron chi connectivity index (χ0n) is 18.3. The number of nitrogens with zero attached hydrogens (tertiary/aromatic N) is 5. The summed E-state index contributed by atoms with van der Waals surface area (Å²) in [4.78, 5) is 27.1. The Morgan fingerprint density at radius 2 is 1.84 bits per heavy atom. The lowest BCUT2D eigenvalue weighted by atomic mass is 10.1. The molecule has 7 nitrogen and oxygen atoms in total. The maximum atomic E-state index is 12.7. The summed E-state index contributed by atoms with van der Waals surface area (Å²) in [6.07, 6.45) is 2.64. The molecule has 0 fully saturated rings. The zero-order chi connectivity index (χ0) is 22.8. The predicted octanol–water partition coefficient (Wildman–Crippen LogP) is 4.78. The molecule has 164 valence electrons. The number of aryl methyl sites for hydroxylation is 3. The molecule has 0 aliphatic carbocycles. The minimum atomic E-state index is -0.143. The minimum Gasteiger partial charge on any atom is -0.302 e. The predicted molar refractivity (Wildman–Crippen MR) is 127 cm³/mol. The van der Waals surface area contributed by atoms with E-state index in [2.05, 4.69) is 25.4 Å². The van der Waals surface area contributed by atoms with E-state index in [1.807, 2.05) is 58.0 Å². The Morgan fingerprint density at radius 3 is 2.56 bits per heavy atom. The Labute approximate surface area is 195 Å². The van der Waals surface area contributed by atoms with Crippen molar-refractivity contribution in [2.75, 3.05) is 5.32 Å². The fourth-order valence-electron chi connectivity index (χ4n) is 3.53. The van der Waals surface area contributed by atoms with Crippen molar-refractivity contribution in [3.63, 3.8) is 0 Å². The van der Waals surface area contributed by atoms with Crippen LogP contribution in [0.5, 0.6) is 0 Å². The first-order valence-electron chi connectivity index (χ1n) is 10.2. The summed E-state index contributed by atoms with van der Waals surface area (Å²) in [5.74, 6) is 0.370. The molecule has 0 aliphatic rings. The highest BCUT2D eigenvalue weighted by molar-refractivity contribution is 7.15. The van der Waals surface area contributed by atoms with Crippen molar-refractivity contribution in [3.8, 4) is 5.95 Å². The van der Waals surface area contributed by atoms with Crippen molar-refractivity contribution >= 4 is 34.0 Å². The second-order valence-electron chi connectivity index (χ2n) is 7.64. The van der Waals surface area contributed by atoms with E-state index in [0.29, 0.717) is 17.5 Å². The van der Waals surface area contributed by atoms with Gasteiger partial charge in [0.1, 0.15) is 0 Å². The van der Waals surface area contributed by atoms with Gasteiger partial charge >= 0.3 is 0 Å². The van der Waals surface area contributed by atoms with Gasteiger partial charge in [0, 0.05) is 45.2 Å². The van der Waals surface area contributed by atoms with E-state index in [1.54, 1.807) is 10.9 Å². The molecule has 0 unspecified atom stereocenters. The normalized spacial score (nSPS) is 11.0. The largest absolute Gasteiger partial charge is 0.302 e. The fraction of sp³-hybridized carbons (Fsp3) is 0.261. The van der Waals surface area contributed by atoms with Gasteiger partial charge in [-0.15, -0.1) is 11.3 Å². The van der Waals surface area contributed by atoms with Gasteiger partial charge in [-0.2, -0.15) is 5.10 Å². The number of carbonyl (C=O) groups excluding carboxylic acids is 1. The number of halogens is 1. The average molecular weight is 467 g/mol. The number of hydrogen-bond donors (Lipinski definition) is 1. The monoisotopic (exact) mass is 466 g/mol. The topological polar surface area (TPSA) is 85.6 Å². The number of carbonyl (C=O) groups is 1. The van der Waals surface area contributed by atoms with Crippen LogP contribution in [0.15, 0.2) is 36.5 Å². The van der Waals surface area contributed by atoms with E-state index in [4.69, 9.17) is 11.6 Å². The fourth-order valence-corrected chi connectivity index (χ4v) is 4.58. The van der Waals surface area contributed by atoms with Crippen LogP contribution in [-0.2, 0) is 17.6 Å². The highest BCUT2D eigenvalue weighted by atomic mass is 35.5. The summed E-state index contributed by atoms with van der Waals surface area (Å²) < 4.78 is 1.70. The number of thiazole rings is 1. The van der Waals surface area contributed by atoms with Gasteiger partial charge in [0.05, 0.1) is 12.1 Å². The maximum Gasteiger partial charge on any atom is 0.251 e. The van der Waals surface area contributed by atoms with Gasteiger partial charge < -0.3 is 5.32 Å². The molecule has 0 spiro atoms. The van der Waals surface area contributed by atoms with Crippen LogP contribution in [0.25, 0.3) is 5.95 Å². The number of rotatable bonds is 6. The van der Waals surface area contributed by atoms with Gasteiger partial charge in [-0.1, -0.05) is 29.8 Å². The quantitative estimate of drug-likeness (QED) is 0.442. The van der Waals surface area contributed by atoms with Crippen molar-refractivity contribution in [3.05, 3.63) is 80.3 Å². The van der Waals surface area contributed by atoms with Gasteiger partial charge in [-0.25, -0.2) is 19.6 Å². The van der Waals surface area contributed by atoms with Crippen molar-refractivity contribution < 1.29 is 4.79 Å². The van der Waals surface area contributed by atoms with Crippen LogP contribution in [0.1, 0.15) is 38.8 Å². The van der Waals surface area contributed by atoms with Crippen LogP contribution in [0, 0.1) is 27.7 Å². The lowest BCUT2D eigenvalue weighted by Gasteiger charge is -2.06. The molecule has 1 amide bonds. The first-order valence-corrected chi connectivity index (χ1v) is 11.4. The molecule has 0 aliphatic heterocycles. The van der Waals surface area contributed by atoms with Crippen molar-refractivity contribution in [1.29, 1.82) is 0 Å². The molecule has 0 radical (unpaired) electrons. The second kappa shape index (κ2) is 9.18. The zero-order valence-corrected chi connectivity index (χ0v) is 19.9. The van der Waals surface area contributed by atoms with Gasteiger partial charge in [0.15, 0.2) is 5.13 Å². The SMILES string of the molecule is Cc1cc(C)nc(-n2nc(C)c(CC(=O)Nc3ncc(Cc4ccccc4Cl)s3)c2C)n1. The van der Waals surface area contributed by atoms with Crippen LogP contribution >= 0.6 is 22.9 Å². The second-order valence-corrected chi connectivity index (χ2v) is 9.16. The summed E-state index contributed by atoms with van der Waals surface area (Å²) >= 11 is 7.69. The number of nitrogens with one attached hydrogen (secondary N) is 1. The number of aromatic nitrogens is 5. The lowest BCUT2D eigenvalue weighted by molar-refractivity contribution is -0.115. The molecule has 0 bridgehead atoms. The van der Waals surface area contributed by atoms with Gasteiger partial charge in [-0.3, -0.25) is 4.79 Å². The molecular weight excluding hydrogens is 444 g/mol. The number of hydrogen-bond acceptors (Lipinski definition) is 6. The first-order chi connectivity index (χ1) is 15.3. The van der Waals surface area contributed by atoms with E-state index < -0.39 is 0 Å². The molecule has 1 aromatic carbocycles. The molecule has 32 heavy (non-hydrogen) atoms. The van der Waals surface area contributed by atoms with Gasteiger partial charge in [0.2, 0.25) is 5.91 Å². The Bertz CT molecular complexity index is 1280. The molecule has 0 saturated carbocycles. The van der Waals surface area contributed by atoms with E-state index in [9.17, 15) is 4.79 Å². The van der Waals surface area contributed by atoms with E-state index in [-0.39, 0.29) is 12.3 Å². The highest BCUT2D eigenvalue weighted by Crippen LogP contribution is 2.25. The van der Waals surface area contributed by atoms with Crippen LogP contribution in [0.3, 0.4) is 0 Å². The Morgan fingerprint density at radius 1 is 1.12 bits per heavy atom. The summed E-state index contributed by atoms with van der Waals surface area (Å²) in [5, 5.41) is 8.76. The average Bonchev–Trinajstić information content (AvgIpc) is 3.28. The van der Waals surface area contributed by atoms with Crippen molar-refractivity contribution in [2.24, 2.45) is 0 Å². The lowest BCUT2D eigenvalue weighted by Crippen LogP contribution is -2.15. The first kappa shape index (κ1) is 22.1. The van der Waals surface area contributed by atoms with E-state index >= 15 is 0 Å². The summed E-state index contributed by atoms with van der Waals surface area (Å²) in [6.45, 7) is 7.66. The smallest absolute Gasteiger partial charge is 0.251 e. The van der Waals surface area contributed by atoms with Crippen molar-refractivity contribution in [1.82, 2.24) is 24.7 Å². The Balaban J connectivity index is 1.46. The molecule has 4 rings (SSSR count). The summed E-state index contributed by atoms with van der Waals surface area (Å²) in [6, 6.07) is 9.64. The number of amides is 1. The standard InChI is InChI=1S/C23H23ClN6OS/c1-13-9-14(2)27-22(26-13)30-16(4)19(15(3)29-30)11-21(31)28-23-25-12-18(32-23)10-17-7-5-6-8-20(17)24/h5-9,12H,10-11H2,1-4H3,(H,25,28,31). The number of anilines is 1. The van der Waals surface area contributed by atoms with Crippen LogP contribution < -0.4 is 5.32 Å². The highest BCUT2D eigenvalue weighted by Gasteiger charge is 2.18. The van der Waals surface area contributed by atoms with Crippen molar-refractivity contribution in [2.45, 2.75) is 40.5 Å². The molecule has 0 saturated heterocycles. The molecule has 3 aromatic heterocycles. The van der Waals surface area contributed by atoms with E-state index in [1.165, 1.54) is 11.3 Å². The van der Waals surface area contributed by atoms with Crippen LogP contribution in [0.4, 0.5) is 5.13 Å². The third-order valence-electron chi connectivity index (χ3n) is 5.06. The van der Waals surface area contributed by atoms with E-state index in [0.717, 1.165) is 43.8 Å². The maximum absolute atomic E-state index is 12.7. The summed E-state index contributed by atoms with van der Waals surface area (Å²) in [7, 11) is 0. The van der Waals surface area contributed by atoms with Gasteiger partial charge in [-0.05, 0) is 45.4 Å². The molecule has 0 atom stereocenters.